The fraction of sp³-hybridized carbons (Fsp3) is 0.667. The highest BCUT2D eigenvalue weighted by atomic mass is 32.2. The van der Waals surface area contributed by atoms with Gasteiger partial charge in [-0.2, -0.15) is 0 Å². The molecule has 6 heteroatoms. The summed E-state index contributed by atoms with van der Waals surface area (Å²) in [4.78, 5) is 4.02. The summed E-state index contributed by atoms with van der Waals surface area (Å²) < 4.78 is 23.6. The van der Waals surface area contributed by atoms with Crippen LogP contribution in [0.15, 0.2) is 23.4 Å². The Morgan fingerprint density at radius 1 is 1.29 bits per heavy atom. The first-order valence-corrected chi connectivity index (χ1v) is 8.65. The highest BCUT2D eigenvalue weighted by molar-refractivity contribution is 7.92. The second-order valence-electron chi connectivity index (χ2n) is 6.67. The van der Waals surface area contributed by atoms with Crippen molar-refractivity contribution in [2.45, 2.75) is 56.9 Å². The van der Waals surface area contributed by atoms with Crippen molar-refractivity contribution in [2.75, 3.05) is 11.9 Å². The molecule has 0 aromatic carbocycles. The molecule has 0 amide bonds. The van der Waals surface area contributed by atoms with Crippen LogP contribution in [0.5, 0.6) is 0 Å². The van der Waals surface area contributed by atoms with Crippen molar-refractivity contribution in [3.8, 4) is 0 Å². The molecular weight excluding hydrogens is 288 g/mol. The monoisotopic (exact) mass is 314 g/mol. The van der Waals surface area contributed by atoms with E-state index in [9.17, 15) is 13.5 Å². The van der Waals surface area contributed by atoms with Crippen LogP contribution in [0.1, 0.15) is 41.0 Å². The molecule has 2 N–H and O–H groups in total. The number of nitrogens with zero attached hydrogens (tertiary/aromatic N) is 1. The molecule has 1 unspecified atom stereocenters. The number of aromatic nitrogens is 1. The zero-order valence-electron chi connectivity index (χ0n) is 13.4. The third-order valence-electron chi connectivity index (χ3n) is 3.10. The normalized spacial score (nSPS) is 14.2. The van der Waals surface area contributed by atoms with Gasteiger partial charge in [-0.1, -0.05) is 13.8 Å². The summed E-state index contributed by atoms with van der Waals surface area (Å²) in [6.45, 7) is 9.48. The molecular formula is C15H26N2O3S. The van der Waals surface area contributed by atoms with Crippen molar-refractivity contribution in [2.24, 2.45) is 5.92 Å². The van der Waals surface area contributed by atoms with E-state index in [0.717, 1.165) is 6.42 Å². The van der Waals surface area contributed by atoms with Gasteiger partial charge in [0.15, 0.2) is 14.9 Å². The summed E-state index contributed by atoms with van der Waals surface area (Å²) in [6, 6.07) is 3.17. The maximum atomic E-state index is 12.2. The predicted octanol–water partition coefficient (Wildman–Crippen LogP) is 2.47. The highest BCUT2D eigenvalue weighted by Crippen LogP contribution is 2.23. The van der Waals surface area contributed by atoms with Gasteiger partial charge in [0.2, 0.25) is 0 Å². The molecule has 1 aromatic rings. The largest absolute Gasteiger partial charge is 0.391 e. The van der Waals surface area contributed by atoms with Gasteiger partial charge in [-0.25, -0.2) is 13.4 Å². The lowest BCUT2D eigenvalue weighted by Crippen LogP contribution is -2.28. The van der Waals surface area contributed by atoms with Gasteiger partial charge in [0.05, 0.1) is 22.7 Å². The van der Waals surface area contributed by atoms with E-state index in [1.807, 2.05) is 0 Å². The lowest BCUT2D eigenvalue weighted by atomic mass is 10.1. The van der Waals surface area contributed by atoms with Crippen molar-refractivity contribution in [1.82, 2.24) is 4.98 Å². The molecule has 5 nitrogen and oxygen atoms in total. The fourth-order valence-corrected chi connectivity index (χ4v) is 2.89. The molecule has 120 valence electrons. The number of rotatable bonds is 6. The Morgan fingerprint density at radius 2 is 1.90 bits per heavy atom. The van der Waals surface area contributed by atoms with Gasteiger partial charge in [-0.05, 0) is 45.2 Å². The van der Waals surface area contributed by atoms with Gasteiger partial charge in [0, 0.05) is 6.54 Å². The summed E-state index contributed by atoms with van der Waals surface area (Å²) in [5.41, 5.74) is 0.700. The number of pyridine rings is 1. The topological polar surface area (TPSA) is 79.3 Å². The van der Waals surface area contributed by atoms with Crippen molar-refractivity contribution in [3.63, 3.8) is 0 Å². The number of sulfone groups is 1. The number of anilines is 1. The fourth-order valence-electron chi connectivity index (χ4n) is 1.82. The molecule has 1 atom stereocenters. The molecule has 1 rings (SSSR count). The average molecular weight is 314 g/mol. The zero-order valence-corrected chi connectivity index (χ0v) is 14.2. The predicted molar refractivity (Wildman–Crippen MR) is 85.1 cm³/mol. The van der Waals surface area contributed by atoms with Crippen LogP contribution in [0, 0.1) is 5.92 Å². The van der Waals surface area contributed by atoms with E-state index in [1.165, 1.54) is 12.3 Å². The van der Waals surface area contributed by atoms with Crippen LogP contribution in [-0.2, 0) is 9.84 Å². The summed E-state index contributed by atoms with van der Waals surface area (Å²) in [7, 11) is -3.43. The Bertz CT molecular complexity index is 545. The first-order valence-electron chi connectivity index (χ1n) is 7.16. The van der Waals surface area contributed by atoms with Gasteiger partial charge in [0.1, 0.15) is 0 Å². The first kappa shape index (κ1) is 17.9. The maximum absolute atomic E-state index is 12.2. The lowest BCUT2D eigenvalue weighted by molar-refractivity contribution is 0.161. The van der Waals surface area contributed by atoms with Gasteiger partial charge in [-0.15, -0.1) is 0 Å². The summed E-state index contributed by atoms with van der Waals surface area (Å²) >= 11 is 0. The van der Waals surface area contributed by atoms with E-state index >= 15 is 0 Å². The van der Waals surface area contributed by atoms with Crippen molar-refractivity contribution < 1.29 is 13.5 Å². The van der Waals surface area contributed by atoms with E-state index in [0.29, 0.717) is 18.2 Å². The van der Waals surface area contributed by atoms with Crippen LogP contribution in [0.25, 0.3) is 0 Å². The molecule has 0 spiro atoms. The molecule has 1 aromatic heterocycles. The molecule has 0 aliphatic carbocycles. The van der Waals surface area contributed by atoms with Crippen LogP contribution in [0.2, 0.25) is 0 Å². The molecule has 0 aliphatic rings. The molecule has 0 bridgehead atoms. The lowest BCUT2D eigenvalue weighted by Gasteiger charge is -2.19. The van der Waals surface area contributed by atoms with E-state index in [2.05, 4.69) is 24.1 Å². The number of hydrogen-bond donors (Lipinski definition) is 2. The number of aliphatic hydroxyl groups is 1. The summed E-state index contributed by atoms with van der Waals surface area (Å²) in [6.07, 6.45) is 1.78. The Balaban J connectivity index is 2.72. The molecule has 0 radical (unpaired) electrons. The summed E-state index contributed by atoms with van der Waals surface area (Å²) in [5, 5.41) is 12.9. The Labute approximate surface area is 127 Å². The minimum Gasteiger partial charge on any atom is -0.391 e. The van der Waals surface area contributed by atoms with Crippen LogP contribution in [-0.4, -0.2) is 35.9 Å². The van der Waals surface area contributed by atoms with Gasteiger partial charge < -0.3 is 10.4 Å². The summed E-state index contributed by atoms with van der Waals surface area (Å²) in [5.74, 6) is 0.430. The third-order valence-corrected chi connectivity index (χ3v) is 5.51. The maximum Gasteiger partial charge on any atom is 0.200 e. The van der Waals surface area contributed by atoms with Gasteiger partial charge in [-0.3, -0.25) is 0 Å². The quantitative estimate of drug-likeness (QED) is 0.843. The smallest absolute Gasteiger partial charge is 0.200 e. The second-order valence-corrected chi connectivity index (χ2v) is 9.32. The minimum absolute atomic E-state index is 0.0725. The second kappa shape index (κ2) is 6.75. The minimum atomic E-state index is -3.43. The number of nitrogens with one attached hydrogen (secondary N) is 1. The molecule has 0 fully saturated rings. The highest BCUT2D eigenvalue weighted by Gasteiger charge is 2.31. The molecule has 21 heavy (non-hydrogen) atoms. The average Bonchev–Trinajstić information content (AvgIpc) is 2.34. The Morgan fingerprint density at radius 3 is 2.33 bits per heavy atom. The van der Waals surface area contributed by atoms with Crippen LogP contribution >= 0.6 is 0 Å². The molecule has 0 aliphatic heterocycles. The van der Waals surface area contributed by atoms with E-state index in [1.54, 1.807) is 26.8 Å². The Kier molecular flexibility index (Phi) is 5.75. The van der Waals surface area contributed by atoms with E-state index in [-0.39, 0.29) is 5.03 Å². The van der Waals surface area contributed by atoms with Gasteiger partial charge in [0.25, 0.3) is 0 Å². The van der Waals surface area contributed by atoms with Crippen molar-refractivity contribution in [3.05, 3.63) is 18.3 Å². The standard InChI is InChI=1S/C15H26N2O3S/c1-11(2)8-13(18)10-16-12-6-7-14(17-9-12)21(19,20)15(3,4)5/h6-7,9,11,13,16,18H,8,10H2,1-5H3. The van der Waals surface area contributed by atoms with Crippen LogP contribution in [0.3, 0.4) is 0 Å². The zero-order chi connectivity index (χ0) is 16.3. The van der Waals surface area contributed by atoms with E-state index in [4.69, 9.17) is 0 Å². The number of aliphatic hydroxyl groups excluding tert-OH is 1. The van der Waals surface area contributed by atoms with Crippen molar-refractivity contribution >= 4 is 15.5 Å². The molecule has 0 saturated carbocycles. The van der Waals surface area contributed by atoms with Crippen LogP contribution in [0.4, 0.5) is 5.69 Å². The van der Waals surface area contributed by atoms with Gasteiger partial charge >= 0.3 is 0 Å². The molecule has 0 saturated heterocycles. The van der Waals surface area contributed by atoms with E-state index < -0.39 is 20.7 Å². The van der Waals surface area contributed by atoms with Crippen molar-refractivity contribution in [1.29, 1.82) is 0 Å². The third kappa shape index (κ3) is 4.97. The SMILES string of the molecule is CC(C)CC(O)CNc1ccc(S(=O)(=O)C(C)(C)C)nc1. The first-order chi connectivity index (χ1) is 9.54. The molecule has 1 heterocycles. The Hall–Kier alpha value is -1.14. The number of hydrogen-bond acceptors (Lipinski definition) is 5. The van der Waals surface area contributed by atoms with Crippen LogP contribution < -0.4 is 5.32 Å².